The second-order valence-electron chi connectivity index (χ2n) is 4.83. The summed E-state index contributed by atoms with van der Waals surface area (Å²) in [6.07, 6.45) is 0.271. The van der Waals surface area contributed by atoms with Gasteiger partial charge < -0.3 is 15.2 Å². The molecule has 110 valence electrons. The van der Waals surface area contributed by atoms with Crippen LogP contribution in [0.4, 0.5) is 0 Å². The van der Waals surface area contributed by atoms with E-state index in [1.165, 1.54) is 13.2 Å². The van der Waals surface area contributed by atoms with Gasteiger partial charge in [0.1, 0.15) is 5.75 Å². The number of methoxy groups -OCH3 is 1. The van der Waals surface area contributed by atoms with Crippen LogP contribution in [0, 0.1) is 5.92 Å². The minimum absolute atomic E-state index is 0.156. The smallest absolute Gasteiger partial charge is 0.330 e. The van der Waals surface area contributed by atoms with Crippen LogP contribution in [0.1, 0.15) is 31.9 Å². The molecule has 0 radical (unpaired) electrons. The molecule has 0 spiro atoms. The number of rotatable bonds is 6. The van der Waals surface area contributed by atoms with E-state index in [-0.39, 0.29) is 18.2 Å². The second-order valence-corrected chi connectivity index (χ2v) is 5.24. The van der Waals surface area contributed by atoms with Crippen molar-refractivity contribution in [3.63, 3.8) is 0 Å². The van der Waals surface area contributed by atoms with E-state index < -0.39 is 12.0 Å². The molecule has 0 saturated heterocycles. The molecule has 1 atom stereocenters. The number of aliphatic carboxylic acids is 1. The van der Waals surface area contributed by atoms with Crippen LogP contribution >= 0.6 is 11.6 Å². The largest absolute Gasteiger partial charge is 0.495 e. The predicted octanol–water partition coefficient (Wildman–Crippen LogP) is 2.64. The predicted molar refractivity (Wildman–Crippen MR) is 76.0 cm³/mol. The fourth-order valence-electron chi connectivity index (χ4n) is 1.74. The first kappa shape index (κ1) is 16.3. The van der Waals surface area contributed by atoms with Gasteiger partial charge in [0.2, 0.25) is 5.91 Å². The minimum atomic E-state index is -1.14. The highest BCUT2D eigenvalue weighted by Gasteiger charge is 2.23. The van der Waals surface area contributed by atoms with Gasteiger partial charge in [-0.1, -0.05) is 31.5 Å². The summed E-state index contributed by atoms with van der Waals surface area (Å²) in [7, 11) is 1.47. The molecule has 6 heteroatoms. The van der Waals surface area contributed by atoms with Gasteiger partial charge in [-0.25, -0.2) is 4.79 Å². The lowest BCUT2D eigenvalue weighted by Crippen LogP contribution is -2.34. The highest BCUT2D eigenvalue weighted by molar-refractivity contribution is 6.32. The van der Waals surface area contributed by atoms with E-state index in [1.54, 1.807) is 12.1 Å². The van der Waals surface area contributed by atoms with Crippen LogP contribution in [0.2, 0.25) is 5.02 Å². The van der Waals surface area contributed by atoms with Crippen molar-refractivity contribution < 1.29 is 19.4 Å². The van der Waals surface area contributed by atoms with E-state index in [0.29, 0.717) is 16.3 Å². The SMILES string of the molecule is COc1ccc(C(NC(=O)CC(C)C)C(=O)O)cc1Cl. The number of benzene rings is 1. The van der Waals surface area contributed by atoms with Crippen molar-refractivity contribution in [1.29, 1.82) is 0 Å². The molecular formula is C14H18ClNO4. The molecule has 5 nitrogen and oxygen atoms in total. The zero-order valence-electron chi connectivity index (χ0n) is 11.6. The lowest BCUT2D eigenvalue weighted by Gasteiger charge is -2.16. The van der Waals surface area contributed by atoms with E-state index in [0.717, 1.165) is 0 Å². The number of carbonyl (C=O) groups excluding carboxylic acids is 1. The van der Waals surface area contributed by atoms with Gasteiger partial charge >= 0.3 is 5.97 Å². The van der Waals surface area contributed by atoms with Gasteiger partial charge in [0, 0.05) is 6.42 Å². The Morgan fingerprint density at radius 3 is 2.50 bits per heavy atom. The third-order valence-corrected chi connectivity index (χ3v) is 2.95. The van der Waals surface area contributed by atoms with Crippen LogP contribution in [0.3, 0.4) is 0 Å². The van der Waals surface area contributed by atoms with Crippen LogP contribution in [0.25, 0.3) is 0 Å². The van der Waals surface area contributed by atoms with Gasteiger partial charge in [-0.05, 0) is 23.6 Å². The van der Waals surface area contributed by atoms with E-state index >= 15 is 0 Å². The summed E-state index contributed by atoms with van der Waals surface area (Å²) < 4.78 is 5.01. The Hall–Kier alpha value is -1.75. The van der Waals surface area contributed by atoms with E-state index in [2.05, 4.69) is 5.32 Å². The molecule has 1 aromatic carbocycles. The third-order valence-electron chi connectivity index (χ3n) is 2.66. The van der Waals surface area contributed by atoms with Gasteiger partial charge in [0.25, 0.3) is 0 Å². The Labute approximate surface area is 122 Å². The molecule has 2 N–H and O–H groups in total. The van der Waals surface area contributed by atoms with Crippen molar-refractivity contribution >= 4 is 23.5 Å². The lowest BCUT2D eigenvalue weighted by molar-refractivity contribution is -0.142. The van der Waals surface area contributed by atoms with Gasteiger partial charge in [-0.3, -0.25) is 4.79 Å². The number of hydrogen-bond acceptors (Lipinski definition) is 3. The van der Waals surface area contributed by atoms with Crippen molar-refractivity contribution in [3.8, 4) is 5.75 Å². The molecule has 0 aliphatic heterocycles. The fraction of sp³-hybridized carbons (Fsp3) is 0.429. The standard InChI is InChI=1S/C14H18ClNO4/c1-8(2)6-12(17)16-13(14(18)19)9-4-5-11(20-3)10(15)7-9/h4-5,7-8,13H,6H2,1-3H3,(H,16,17)(H,18,19). The summed E-state index contributed by atoms with van der Waals surface area (Å²) in [4.78, 5) is 23.0. The van der Waals surface area contributed by atoms with Gasteiger partial charge in [-0.15, -0.1) is 0 Å². The minimum Gasteiger partial charge on any atom is -0.495 e. The van der Waals surface area contributed by atoms with Crippen LogP contribution in [0.5, 0.6) is 5.75 Å². The van der Waals surface area contributed by atoms with Crippen LogP contribution in [-0.2, 0) is 9.59 Å². The number of hydrogen-bond donors (Lipinski definition) is 2. The number of ether oxygens (including phenoxy) is 1. The molecule has 20 heavy (non-hydrogen) atoms. The molecule has 0 heterocycles. The van der Waals surface area contributed by atoms with E-state index in [4.69, 9.17) is 16.3 Å². The van der Waals surface area contributed by atoms with Crippen molar-refractivity contribution in [2.75, 3.05) is 7.11 Å². The lowest BCUT2D eigenvalue weighted by atomic mass is 10.1. The Bertz CT molecular complexity index is 502. The summed E-state index contributed by atoms with van der Waals surface area (Å²) in [6, 6.07) is 3.50. The van der Waals surface area contributed by atoms with Crippen molar-refractivity contribution in [2.45, 2.75) is 26.3 Å². The van der Waals surface area contributed by atoms with Crippen LogP contribution in [0.15, 0.2) is 18.2 Å². The van der Waals surface area contributed by atoms with Gasteiger partial charge in [0.05, 0.1) is 12.1 Å². The molecule has 0 aromatic heterocycles. The van der Waals surface area contributed by atoms with Crippen molar-refractivity contribution in [2.24, 2.45) is 5.92 Å². The Kier molecular flexibility index (Phi) is 5.82. The number of carboxylic acid groups (broad SMARTS) is 1. The second kappa shape index (κ2) is 7.14. The Morgan fingerprint density at radius 1 is 1.40 bits per heavy atom. The monoisotopic (exact) mass is 299 g/mol. The summed E-state index contributed by atoms with van der Waals surface area (Å²) in [5, 5.41) is 12.0. The number of carbonyl (C=O) groups is 2. The maximum atomic E-state index is 11.7. The highest BCUT2D eigenvalue weighted by Crippen LogP contribution is 2.27. The van der Waals surface area contributed by atoms with Crippen molar-refractivity contribution in [1.82, 2.24) is 5.32 Å². The quantitative estimate of drug-likeness (QED) is 0.846. The number of halogens is 1. The maximum Gasteiger partial charge on any atom is 0.330 e. The number of carboxylic acids is 1. The molecule has 0 saturated carbocycles. The van der Waals surface area contributed by atoms with Crippen LogP contribution in [-0.4, -0.2) is 24.1 Å². The molecule has 0 aliphatic carbocycles. The normalized spacial score (nSPS) is 12.1. The summed E-state index contributed by atoms with van der Waals surface area (Å²) >= 11 is 5.97. The number of amides is 1. The summed E-state index contributed by atoms with van der Waals surface area (Å²) in [6.45, 7) is 3.78. The molecule has 1 unspecified atom stereocenters. The number of nitrogens with one attached hydrogen (secondary N) is 1. The molecule has 0 aliphatic rings. The van der Waals surface area contributed by atoms with E-state index in [1.807, 2.05) is 13.8 Å². The molecule has 1 aromatic rings. The zero-order chi connectivity index (χ0) is 15.3. The Balaban J connectivity index is 2.94. The zero-order valence-corrected chi connectivity index (χ0v) is 12.4. The fourth-order valence-corrected chi connectivity index (χ4v) is 2.01. The van der Waals surface area contributed by atoms with Crippen LogP contribution < -0.4 is 10.1 Å². The van der Waals surface area contributed by atoms with Crippen molar-refractivity contribution in [3.05, 3.63) is 28.8 Å². The van der Waals surface area contributed by atoms with Gasteiger partial charge in [-0.2, -0.15) is 0 Å². The third kappa shape index (κ3) is 4.42. The first-order valence-corrected chi connectivity index (χ1v) is 6.58. The average Bonchev–Trinajstić information content (AvgIpc) is 2.34. The molecule has 1 rings (SSSR count). The molecule has 0 fully saturated rings. The topological polar surface area (TPSA) is 75.6 Å². The first-order valence-electron chi connectivity index (χ1n) is 6.20. The Morgan fingerprint density at radius 2 is 2.05 bits per heavy atom. The molecule has 1 amide bonds. The summed E-state index contributed by atoms with van der Waals surface area (Å²) in [5.74, 6) is -0.834. The van der Waals surface area contributed by atoms with E-state index in [9.17, 15) is 14.7 Å². The highest BCUT2D eigenvalue weighted by atomic mass is 35.5. The average molecular weight is 300 g/mol. The maximum absolute atomic E-state index is 11.7. The molecule has 0 bridgehead atoms. The van der Waals surface area contributed by atoms with Gasteiger partial charge in [0.15, 0.2) is 6.04 Å². The first-order chi connectivity index (χ1) is 9.35. The summed E-state index contributed by atoms with van der Waals surface area (Å²) in [5.41, 5.74) is 0.403. The molecular weight excluding hydrogens is 282 g/mol.